The monoisotopic (exact) mass is 363 g/mol. The van der Waals surface area contributed by atoms with Crippen LogP contribution < -0.4 is 5.84 Å². The Labute approximate surface area is 145 Å². The molecule has 6 nitrogen and oxygen atoms in total. The zero-order valence-corrected chi connectivity index (χ0v) is 14.2. The predicted molar refractivity (Wildman–Crippen MR) is 90.9 cm³/mol. The minimum Gasteiger partial charge on any atom is -0.271 e. The van der Waals surface area contributed by atoms with Crippen molar-refractivity contribution in [2.24, 2.45) is 5.84 Å². The molecule has 1 saturated heterocycles. The molecule has 1 amide bonds. The second kappa shape index (κ2) is 6.89. The van der Waals surface area contributed by atoms with Crippen molar-refractivity contribution in [3.05, 3.63) is 65.2 Å². The zero-order valence-electron chi connectivity index (χ0n) is 13.4. The second-order valence-corrected chi connectivity index (χ2v) is 8.32. The molecule has 1 unspecified atom stereocenters. The summed E-state index contributed by atoms with van der Waals surface area (Å²) in [4.78, 5) is 16.8. The number of rotatable bonds is 4. The fraction of sp³-hybridized carbons (Fsp3) is 0.294. The number of amides is 1. The van der Waals surface area contributed by atoms with Crippen LogP contribution in [0.15, 0.2) is 42.5 Å². The van der Waals surface area contributed by atoms with Crippen molar-refractivity contribution in [1.82, 2.24) is 9.99 Å². The number of nitrogens with zero attached hydrogens (tertiary/aromatic N) is 2. The van der Waals surface area contributed by atoms with Gasteiger partial charge in [0.25, 0.3) is 5.91 Å². The number of carbonyl (C=O) groups is 1. The van der Waals surface area contributed by atoms with Crippen molar-refractivity contribution < 1.29 is 17.6 Å². The van der Waals surface area contributed by atoms with E-state index in [-0.39, 0.29) is 23.0 Å². The highest BCUT2D eigenvalue weighted by molar-refractivity contribution is 7.91. The van der Waals surface area contributed by atoms with Crippen molar-refractivity contribution in [2.75, 3.05) is 11.5 Å². The summed E-state index contributed by atoms with van der Waals surface area (Å²) >= 11 is 0. The molecule has 1 aromatic heterocycles. The Hall–Kier alpha value is -2.32. The van der Waals surface area contributed by atoms with Crippen LogP contribution in [-0.4, -0.2) is 41.9 Å². The molecule has 0 saturated carbocycles. The van der Waals surface area contributed by atoms with E-state index in [0.29, 0.717) is 18.5 Å². The van der Waals surface area contributed by atoms with E-state index in [9.17, 15) is 17.6 Å². The van der Waals surface area contributed by atoms with E-state index in [4.69, 9.17) is 5.84 Å². The molecular weight excluding hydrogens is 345 g/mol. The number of nitrogens with two attached hydrogens (primary N) is 1. The van der Waals surface area contributed by atoms with E-state index in [1.165, 1.54) is 12.1 Å². The molecule has 0 aliphatic carbocycles. The summed E-state index contributed by atoms with van der Waals surface area (Å²) in [6, 6.07) is 10.5. The number of aromatic nitrogens is 1. The number of hydrazine groups is 1. The third-order valence-corrected chi connectivity index (χ3v) is 5.91. The van der Waals surface area contributed by atoms with Gasteiger partial charge in [0.1, 0.15) is 11.5 Å². The van der Waals surface area contributed by atoms with E-state index in [1.807, 2.05) is 0 Å². The molecule has 1 aliphatic rings. The largest absolute Gasteiger partial charge is 0.286 e. The molecule has 3 rings (SSSR count). The lowest BCUT2D eigenvalue weighted by atomic mass is 10.1. The van der Waals surface area contributed by atoms with E-state index in [1.54, 1.807) is 30.3 Å². The van der Waals surface area contributed by atoms with Gasteiger partial charge < -0.3 is 0 Å². The van der Waals surface area contributed by atoms with Crippen molar-refractivity contribution in [1.29, 1.82) is 0 Å². The molecule has 0 bridgehead atoms. The van der Waals surface area contributed by atoms with Crippen LogP contribution in [0.25, 0.3) is 0 Å². The quantitative estimate of drug-likeness (QED) is 0.502. The van der Waals surface area contributed by atoms with Crippen LogP contribution in [0.2, 0.25) is 0 Å². The van der Waals surface area contributed by atoms with E-state index in [2.05, 4.69) is 4.98 Å². The van der Waals surface area contributed by atoms with Gasteiger partial charge in [-0.05, 0) is 36.2 Å². The fourth-order valence-electron chi connectivity index (χ4n) is 2.80. The first-order chi connectivity index (χ1) is 11.8. The van der Waals surface area contributed by atoms with E-state index in [0.717, 1.165) is 10.6 Å². The van der Waals surface area contributed by atoms with Crippen LogP contribution in [0.3, 0.4) is 0 Å². The molecule has 25 heavy (non-hydrogen) atoms. The maximum atomic E-state index is 13.0. The number of hydrogen-bond donors (Lipinski definition) is 1. The summed E-state index contributed by atoms with van der Waals surface area (Å²) in [6.45, 7) is 0. The molecule has 2 aromatic rings. The van der Waals surface area contributed by atoms with Crippen molar-refractivity contribution in [3.63, 3.8) is 0 Å². The minimum atomic E-state index is -3.13. The van der Waals surface area contributed by atoms with Gasteiger partial charge in [0.05, 0.1) is 17.5 Å². The lowest BCUT2D eigenvalue weighted by molar-refractivity contribution is 0.0690. The van der Waals surface area contributed by atoms with Crippen LogP contribution in [0.4, 0.5) is 4.39 Å². The van der Waals surface area contributed by atoms with Crippen molar-refractivity contribution in [3.8, 4) is 0 Å². The number of carbonyl (C=O) groups excluding carboxylic acids is 1. The van der Waals surface area contributed by atoms with Gasteiger partial charge in [-0.3, -0.25) is 9.80 Å². The Kier molecular flexibility index (Phi) is 4.82. The molecule has 1 fully saturated rings. The van der Waals surface area contributed by atoms with Crippen LogP contribution in [-0.2, 0) is 16.3 Å². The Morgan fingerprint density at radius 1 is 1.24 bits per heavy atom. The van der Waals surface area contributed by atoms with Crippen LogP contribution in [0.1, 0.15) is 28.2 Å². The average molecular weight is 363 g/mol. The van der Waals surface area contributed by atoms with Gasteiger partial charge in [-0.2, -0.15) is 0 Å². The van der Waals surface area contributed by atoms with Gasteiger partial charge in [0.15, 0.2) is 9.84 Å². The summed E-state index contributed by atoms with van der Waals surface area (Å²) < 4.78 is 36.1. The highest BCUT2D eigenvalue weighted by Crippen LogP contribution is 2.17. The molecular formula is C17H18FN3O3S. The predicted octanol–water partition coefficient (Wildman–Crippen LogP) is 1.31. The Morgan fingerprint density at radius 2 is 1.96 bits per heavy atom. The highest BCUT2D eigenvalue weighted by Gasteiger charge is 2.34. The normalized spacial score (nSPS) is 18.9. The molecule has 2 N–H and O–H groups in total. The number of pyridine rings is 1. The molecule has 8 heteroatoms. The average Bonchev–Trinajstić information content (AvgIpc) is 2.96. The Bertz CT molecular complexity index is 884. The first-order valence-electron chi connectivity index (χ1n) is 7.83. The third-order valence-electron chi connectivity index (χ3n) is 4.16. The molecule has 1 aromatic carbocycles. The van der Waals surface area contributed by atoms with Crippen molar-refractivity contribution >= 4 is 15.7 Å². The topological polar surface area (TPSA) is 93.4 Å². The lowest BCUT2D eigenvalue weighted by Crippen LogP contribution is -2.46. The first kappa shape index (κ1) is 17.5. The minimum absolute atomic E-state index is 0.0384. The van der Waals surface area contributed by atoms with Crippen LogP contribution in [0, 0.1) is 5.82 Å². The first-order valence-corrected chi connectivity index (χ1v) is 9.65. The molecule has 2 heterocycles. The highest BCUT2D eigenvalue weighted by atomic mass is 32.2. The Balaban J connectivity index is 1.74. The van der Waals surface area contributed by atoms with E-state index >= 15 is 0 Å². The zero-order chi connectivity index (χ0) is 18.0. The van der Waals surface area contributed by atoms with Gasteiger partial charge in [-0.1, -0.05) is 18.2 Å². The molecule has 1 aliphatic heterocycles. The summed E-state index contributed by atoms with van der Waals surface area (Å²) in [5, 5.41) is 0.967. The molecule has 1 atom stereocenters. The third kappa shape index (κ3) is 4.21. The number of hydrogen-bond acceptors (Lipinski definition) is 5. The fourth-order valence-corrected chi connectivity index (χ4v) is 4.51. The standard InChI is InChI=1S/C17H18FN3O3S/c18-13-6-4-12(5-7-13)10-14-2-1-3-16(20-14)17(22)21(19)15-8-9-25(23,24)11-15/h1-7,15H,8-11,19H2. The maximum Gasteiger partial charge on any atom is 0.286 e. The van der Waals surface area contributed by atoms with E-state index < -0.39 is 21.8 Å². The smallest absolute Gasteiger partial charge is 0.271 e. The number of benzene rings is 1. The SMILES string of the molecule is NN(C(=O)c1cccc(Cc2ccc(F)cc2)n1)C1CCS(=O)(=O)C1. The number of sulfone groups is 1. The molecule has 0 radical (unpaired) electrons. The summed E-state index contributed by atoms with van der Waals surface area (Å²) in [5.41, 5.74) is 1.67. The van der Waals surface area contributed by atoms with Gasteiger partial charge in [0, 0.05) is 12.1 Å². The van der Waals surface area contributed by atoms with Gasteiger partial charge in [0.2, 0.25) is 0 Å². The van der Waals surface area contributed by atoms with Crippen molar-refractivity contribution in [2.45, 2.75) is 18.9 Å². The van der Waals surface area contributed by atoms with Gasteiger partial charge >= 0.3 is 0 Å². The van der Waals surface area contributed by atoms with Gasteiger partial charge in [-0.25, -0.2) is 23.6 Å². The lowest BCUT2D eigenvalue weighted by Gasteiger charge is -2.22. The summed E-state index contributed by atoms with van der Waals surface area (Å²) in [6.07, 6.45) is 0.781. The summed E-state index contributed by atoms with van der Waals surface area (Å²) in [5.74, 6) is 4.93. The Morgan fingerprint density at radius 3 is 2.60 bits per heavy atom. The molecule has 132 valence electrons. The van der Waals surface area contributed by atoms with Gasteiger partial charge in [-0.15, -0.1) is 0 Å². The molecule has 0 spiro atoms. The van der Waals surface area contributed by atoms with Crippen LogP contribution >= 0.6 is 0 Å². The number of halogens is 1. The van der Waals surface area contributed by atoms with Crippen LogP contribution in [0.5, 0.6) is 0 Å². The maximum absolute atomic E-state index is 13.0. The summed E-state index contributed by atoms with van der Waals surface area (Å²) in [7, 11) is -3.13. The second-order valence-electron chi connectivity index (χ2n) is 6.09.